The molecule has 1 aromatic heterocycles. The van der Waals surface area contributed by atoms with Crippen molar-refractivity contribution >= 4 is 23.1 Å². The van der Waals surface area contributed by atoms with Gasteiger partial charge in [-0.25, -0.2) is 9.18 Å². The van der Waals surface area contributed by atoms with E-state index < -0.39 is 5.97 Å². The number of hydrogen-bond donors (Lipinski definition) is 1. The zero-order chi connectivity index (χ0) is 17.8. The average Bonchev–Trinajstić information content (AvgIpc) is 3.02. The van der Waals surface area contributed by atoms with E-state index in [-0.39, 0.29) is 29.3 Å². The van der Waals surface area contributed by atoms with Gasteiger partial charge in [-0.2, -0.15) is 0 Å². The number of carbonyl (C=O) groups is 2. The third-order valence-corrected chi connectivity index (χ3v) is 4.98. The summed E-state index contributed by atoms with van der Waals surface area (Å²) >= 11 is 1.17. The summed E-state index contributed by atoms with van der Waals surface area (Å²) in [6, 6.07) is 17.0. The molecule has 0 atom stereocenters. The van der Waals surface area contributed by atoms with Crippen molar-refractivity contribution in [3.63, 3.8) is 0 Å². The second kappa shape index (κ2) is 7.40. The van der Waals surface area contributed by atoms with E-state index in [0.717, 1.165) is 10.4 Å². The van der Waals surface area contributed by atoms with Crippen molar-refractivity contribution in [3.8, 4) is 10.4 Å². The number of halogens is 1. The quantitative estimate of drug-likeness (QED) is 0.703. The van der Waals surface area contributed by atoms with Crippen molar-refractivity contribution in [1.82, 2.24) is 0 Å². The molecule has 3 rings (SSSR count). The lowest BCUT2D eigenvalue weighted by Gasteiger charge is -2.02. The second-order valence-electron chi connectivity index (χ2n) is 5.65. The lowest BCUT2D eigenvalue weighted by Crippen LogP contribution is -2.08. The van der Waals surface area contributed by atoms with Gasteiger partial charge in [-0.15, -0.1) is 11.3 Å². The van der Waals surface area contributed by atoms with Crippen molar-refractivity contribution in [2.45, 2.75) is 12.8 Å². The first-order valence-corrected chi connectivity index (χ1v) is 8.52. The summed E-state index contributed by atoms with van der Waals surface area (Å²) < 4.78 is 12.9. The topological polar surface area (TPSA) is 54.4 Å². The van der Waals surface area contributed by atoms with Gasteiger partial charge in [0.1, 0.15) is 16.5 Å². The maximum atomic E-state index is 12.9. The predicted molar refractivity (Wildman–Crippen MR) is 95.5 cm³/mol. The van der Waals surface area contributed by atoms with Crippen LogP contribution >= 0.6 is 11.3 Å². The summed E-state index contributed by atoms with van der Waals surface area (Å²) in [6.07, 6.45) is 0.193. The van der Waals surface area contributed by atoms with Gasteiger partial charge in [0, 0.05) is 17.7 Å². The zero-order valence-electron chi connectivity index (χ0n) is 13.2. The van der Waals surface area contributed by atoms with Gasteiger partial charge in [0.25, 0.3) is 0 Å². The lowest BCUT2D eigenvalue weighted by molar-refractivity contribution is -0.117. The van der Waals surface area contributed by atoms with E-state index in [4.69, 9.17) is 0 Å². The molecule has 0 spiro atoms. The third kappa shape index (κ3) is 4.19. The minimum absolute atomic E-state index is 0.0440. The first-order chi connectivity index (χ1) is 12.0. The van der Waals surface area contributed by atoms with Gasteiger partial charge in [-0.05, 0) is 34.9 Å². The standard InChI is InChI=1S/C20H15FO3S/c21-16-8-6-13(7-9-16)10-17(22)11-15-12-18(25-19(15)20(23)24)14-4-2-1-3-5-14/h1-9,12H,10-11H2,(H,23,24). The van der Waals surface area contributed by atoms with Crippen LogP contribution in [0, 0.1) is 5.82 Å². The number of benzene rings is 2. The van der Waals surface area contributed by atoms with Crippen LogP contribution in [0.25, 0.3) is 10.4 Å². The molecule has 3 aromatic rings. The van der Waals surface area contributed by atoms with Crippen LogP contribution in [0.3, 0.4) is 0 Å². The molecule has 0 radical (unpaired) electrons. The SMILES string of the molecule is O=C(Cc1ccc(F)cc1)Cc1cc(-c2ccccc2)sc1C(=O)O. The number of carbonyl (C=O) groups excluding carboxylic acids is 1. The number of ketones is 1. The van der Waals surface area contributed by atoms with E-state index in [0.29, 0.717) is 11.1 Å². The highest BCUT2D eigenvalue weighted by Gasteiger charge is 2.18. The van der Waals surface area contributed by atoms with E-state index in [1.165, 1.54) is 23.5 Å². The van der Waals surface area contributed by atoms with E-state index in [1.807, 2.05) is 30.3 Å². The van der Waals surface area contributed by atoms with Gasteiger partial charge in [0.15, 0.2) is 0 Å². The lowest BCUT2D eigenvalue weighted by atomic mass is 10.0. The minimum atomic E-state index is -1.03. The molecule has 0 aliphatic heterocycles. The van der Waals surface area contributed by atoms with Crippen molar-refractivity contribution in [2.75, 3.05) is 0 Å². The Bertz CT molecular complexity index is 898. The predicted octanol–water partition coefficient (Wildman–Crippen LogP) is 4.61. The number of aromatic carboxylic acids is 1. The summed E-state index contributed by atoms with van der Waals surface area (Å²) in [5.41, 5.74) is 2.15. The minimum Gasteiger partial charge on any atom is -0.477 e. The number of carboxylic acid groups (broad SMARTS) is 1. The molecule has 25 heavy (non-hydrogen) atoms. The number of rotatable bonds is 6. The molecule has 0 bridgehead atoms. The Labute approximate surface area is 148 Å². The van der Waals surface area contributed by atoms with E-state index >= 15 is 0 Å². The summed E-state index contributed by atoms with van der Waals surface area (Å²) in [4.78, 5) is 24.8. The largest absolute Gasteiger partial charge is 0.477 e. The van der Waals surface area contributed by atoms with Crippen LogP contribution in [0.15, 0.2) is 60.7 Å². The number of carboxylic acids is 1. The van der Waals surface area contributed by atoms with Crippen LogP contribution in [0.1, 0.15) is 20.8 Å². The summed E-state index contributed by atoms with van der Waals surface area (Å²) in [6.45, 7) is 0. The Balaban J connectivity index is 1.81. The highest BCUT2D eigenvalue weighted by molar-refractivity contribution is 7.17. The molecule has 1 heterocycles. The number of hydrogen-bond acceptors (Lipinski definition) is 3. The molecule has 0 saturated heterocycles. The summed E-state index contributed by atoms with van der Waals surface area (Å²) in [7, 11) is 0. The second-order valence-corrected chi connectivity index (χ2v) is 6.71. The molecule has 5 heteroatoms. The molecular formula is C20H15FO3S. The Morgan fingerprint density at radius 2 is 1.64 bits per heavy atom. The highest BCUT2D eigenvalue weighted by atomic mass is 32.1. The fourth-order valence-electron chi connectivity index (χ4n) is 2.59. The van der Waals surface area contributed by atoms with Gasteiger partial charge < -0.3 is 5.11 Å². The first-order valence-electron chi connectivity index (χ1n) is 7.70. The van der Waals surface area contributed by atoms with E-state index in [1.54, 1.807) is 18.2 Å². The molecule has 2 aromatic carbocycles. The molecule has 0 aliphatic carbocycles. The monoisotopic (exact) mass is 354 g/mol. The summed E-state index contributed by atoms with van der Waals surface area (Å²) in [5.74, 6) is -1.49. The maximum absolute atomic E-state index is 12.9. The smallest absolute Gasteiger partial charge is 0.346 e. The number of thiophene rings is 1. The molecular weight excluding hydrogens is 339 g/mol. The first kappa shape index (κ1) is 17.0. The zero-order valence-corrected chi connectivity index (χ0v) is 14.1. The Morgan fingerprint density at radius 3 is 2.28 bits per heavy atom. The molecule has 3 nitrogen and oxygen atoms in total. The van der Waals surface area contributed by atoms with Crippen molar-refractivity contribution < 1.29 is 19.1 Å². The Kier molecular flexibility index (Phi) is 5.05. The average molecular weight is 354 g/mol. The van der Waals surface area contributed by atoms with Crippen LogP contribution in [0.5, 0.6) is 0 Å². The van der Waals surface area contributed by atoms with Crippen molar-refractivity contribution in [3.05, 3.63) is 82.5 Å². The van der Waals surface area contributed by atoms with E-state index in [2.05, 4.69) is 0 Å². The van der Waals surface area contributed by atoms with Crippen molar-refractivity contribution in [1.29, 1.82) is 0 Å². The van der Waals surface area contributed by atoms with Crippen LogP contribution in [0.2, 0.25) is 0 Å². The molecule has 0 amide bonds. The number of Topliss-reactive ketones (excluding diaryl/α,β-unsaturated/α-hetero) is 1. The molecule has 126 valence electrons. The van der Waals surface area contributed by atoms with Crippen LogP contribution in [-0.2, 0) is 17.6 Å². The highest BCUT2D eigenvalue weighted by Crippen LogP contribution is 2.32. The van der Waals surface area contributed by atoms with Crippen LogP contribution < -0.4 is 0 Å². The van der Waals surface area contributed by atoms with Crippen LogP contribution in [-0.4, -0.2) is 16.9 Å². The molecule has 0 fully saturated rings. The molecule has 1 N–H and O–H groups in total. The van der Waals surface area contributed by atoms with Gasteiger partial charge >= 0.3 is 5.97 Å². The normalized spacial score (nSPS) is 10.6. The Morgan fingerprint density at radius 1 is 0.960 bits per heavy atom. The van der Waals surface area contributed by atoms with E-state index in [9.17, 15) is 19.1 Å². The van der Waals surface area contributed by atoms with Crippen molar-refractivity contribution in [2.24, 2.45) is 0 Å². The van der Waals surface area contributed by atoms with Gasteiger partial charge in [0.05, 0.1) is 0 Å². The molecule has 0 aliphatic rings. The third-order valence-electron chi connectivity index (χ3n) is 3.76. The van der Waals surface area contributed by atoms with Gasteiger partial charge in [0.2, 0.25) is 0 Å². The fraction of sp³-hybridized carbons (Fsp3) is 0.100. The van der Waals surface area contributed by atoms with Gasteiger partial charge in [-0.3, -0.25) is 4.79 Å². The molecule has 0 saturated carbocycles. The Hall–Kier alpha value is -2.79. The summed E-state index contributed by atoms with van der Waals surface area (Å²) in [5, 5.41) is 9.42. The van der Waals surface area contributed by atoms with Gasteiger partial charge in [-0.1, -0.05) is 42.5 Å². The maximum Gasteiger partial charge on any atom is 0.346 e. The molecule has 0 unspecified atom stereocenters. The fourth-order valence-corrected chi connectivity index (χ4v) is 3.62. The van der Waals surface area contributed by atoms with Crippen LogP contribution in [0.4, 0.5) is 4.39 Å².